The fourth-order valence-corrected chi connectivity index (χ4v) is 12.0. The Labute approximate surface area is 323 Å². The number of anilines is 2. The molecule has 0 saturated heterocycles. The van der Waals surface area contributed by atoms with Gasteiger partial charge in [-0.2, -0.15) is 0 Å². The Kier molecular flexibility index (Phi) is 6.22. The first kappa shape index (κ1) is 31.2. The molecule has 0 fully saturated rings. The van der Waals surface area contributed by atoms with E-state index in [1.807, 2.05) is 0 Å². The van der Waals surface area contributed by atoms with E-state index in [1.165, 1.54) is 100 Å². The SMILES string of the molecule is C[Si](C)(C)c1ccc(N(C2=CCC3c4ccccc4-n4c3c2c2ccc3c(c24)-c2ccccc2C32c3ccccc3-c3ccccc32)c2ccccc2)cc1. The third kappa shape index (κ3) is 3.93. The van der Waals surface area contributed by atoms with E-state index in [0.29, 0.717) is 5.92 Å². The van der Waals surface area contributed by atoms with Crippen LogP contribution in [0, 0.1) is 0 Å². The van der Waals surface area contributed by atoms with Crippen LogP contribution in [0.2, 0.25) is 19.6 Å². The lowest BCUT2D eigenvalue weighted by atomic mass is 9.70. The number of hydrogen-bond acceptors (Lipinski definition) is 1. The van der Waals surface area contributed by atoms with Gasteiger partial charge in [0.1, 0.15) is 0 Å². The zero-order valence-electron chi connectivity index (χ0n) is 31.3. The van der Waals surface area contributed by atoms with Gasteiger partial charge in [-0.25, -0.2) is 0 Å². The van der Waals surface area contributed by atoms with Gasteiger partial charge in [-0.15, -0.1) is 0 Å². The van der Waals surface area contributed by atoms with E-state index in [0.717, 1.165) is 6.42 Å². The van der Waals surface area contributed by atoms with Crippen LogP contribution in [0.3, 0.4) is 0 Å². The van der Waals surface area contributed by atoms with Crippen molar-refractivity contribution in [2.75, 3.05) is 4.90 Å². The Hall–Kier alpha value is -6.16. The molecule has 3 heteroatoms. The maximum Gasteiger partial charge on any atom is 0.0775 e. The van der Waals surface area contributed by atoms with Gasteiger partial charge < -0.3 is 9.47 Å². The van der Waals surface area contributed by atoms with Crippen LogP contribution in [-0.4, -0.2) is 12.6 Å². The minimum atomic E-state index is -1.47. The highest BCUT2D eigenvalue weighted by molar-refractivity contribution is 6.88. The highest BCUT2D eigenvalue weighted by atomic mass is 28.3. The summed E-state index contributed by atoms with van der Waals surface area (Å²) in [6.45, 7) is 7.29. The molecule has 12 rings (SSSR count). The van der Waals surface area contributed by atoms with Gasteiger partial charge in [0, 0.05) is 45.2 Å². The number of benzene rings is 7. The predicted octanol–water partition coefficient (Wildman–Crippen LogP) is 12.5. The van der Waals surface area contributed by atoms with Crippen molar-refractivity contribution in [2.45, 2.75) is 37.4 Å². The quantitative estimate of drug-likeness (QED) is 0.164. The molecule has 2 heterocycles. The number of nitrogens with zero attached hydrogens (tertiary/aromatic N) is 2. The van der Waals surface area contributed by atoms with E-state index in [1.54, 1.807) is 0 Å². The lowest BCUT2D eigenvalue weighted by molar-refractivity contribution is 0.794. The van der Waals surface area contributed by atoms with E-state index in [2.05, 4.69) is 199 Å². The van der Waals surface area contributed by atoms with Crippen LogP contribution < -0.4 is 10.1 Å². The number of allylic oxidation sites excluding steroid dienone is 1. The zero-order chi connectivity index (χ0) is 36.6. The minimum Gasteiger partial charge on any atom is -0.311 e. The standard InChI is InChI=1S/C52H40N2Si/c1-55(2,3)35-27-25-34(26-28-35)53(33-15-5-4-6-16-33)47-32-30-39-38-19-10-14-24-46(38)54-50(39)49(47)41-29-31-45-48(51(41)54)40-20-9-13-23-44(40)52(45)42-21-11-7-17-36(42)37-18-8-12-22-43(37)52/h4-29,31-32,39H,30H2,1-3H3. The van der Waals surface area contributed by atoms with E-state index < -0.39 is 8.07 Å². The molecule has 8 aromatic rings. The molecule has 0 amide bonds. The normalized spacial score (nSPS) is 16.3. The summed E-state index contributed by atoms with van der Waals surface area (Å²) < 4.78 is 2.68. The van der Waals surface area contributed by atoms with Gasteiger partial charge in [0.05, 0.1) is 24.7 Å². The van der Waals surface area contributed by atoms with E-state index >= 15 is 0 Å². The summed E-state index contributed by atoms with van der Waals surface area (Å²) >= 11 is 0. The van der Waals surface area contributed by atoms with Gasteiger partial charge in [-0.1, -0.05) is 164 Å². The second kappa shape index (κ2) is 11.0. The molecule has 0 N–H and O–H groups in total. The van der Waals surface area contributed by atoms with Crippen molar-refractivity contribution in [2.24, 2.45) is 0 Å². The van der Waals surface area contributed by atoms with E-state index in [4.69, 9.17) is 0 Å². The average Bonchev–Trinajstić information content (AvgIpc) is 3.93. The van der Waals surface area contributed by atoms with Gasteiger partial charge in [0.25, 0.3) is 0 Å². The molecular formula is C52H40N2Si. The van der Waals surface area contributed by atoms with Gasteiger partial charge in [-0.05, 0) is 81.3 Å². The molecule has 55 heavy (non-hydrogen) atoms. The number of rotatable bonds is 4. The Morgan fingerprint density at radius 1 is 0.545 bits per heavy atom. The van der Waals surface area contributed by atoms with Gasteiger partial charge in [0.15, 0.2) is 0 Å². The fraction of sp³-hybridized carbons (Fsp3) is 0.115. The largest absolute Gasteiger partial charge is 0.311 e. The molecule has 1 spiro atoms. The third-order valence-corrected chi connectivity index (χ3v) is 15.1. The Bertz CT molecular complexity index is 2900. The molecule has 0 bridgehead atoms. The van der Waals surface area contributed by atoms with Crippen molar-refractivity contribution in [1.82, 2.24) is 4.57 Å². The van der Waals surface area contributed by atoms with Crippen molar-refractivity contribution in [3.8, 4) is 27.9 Å². The molecule has 262 valence electrons. The zero-order valence-corrected chi connectivity index (χ0v) is 32.3. The summed E-state index contributed by atoms with van der Waals surface area (Å²) in [4.78, 5) is 2.52. The molecule has 4 aliphatic rings. The van der Waals surface area contributed by atoms with Crippen LogP contribution in [0.5, 0.6) is 0 Å². The predicted molar refractivity (Wildman–Crippen MR) is 232 cm³/mol. The summed E-state index contributed by atoms with van der Waals surface area (Å²) in [5, 5.41) is 2.80. The molecule has 2 nitrogen and oxygen atoms in total. The van der Waals surface area contributed by atoms with Gasteiger partial charge in [0.2, 0.25) is 0 Å². The van der Waals surface area contributed by atoms with Gasteiger partial charge >= 0.3 is 0 Å². The molecule has 0 saturated carbocycles. The monoisotopic (exact) mass is 720 g/mol. The van der Waals surface area contributed by atoms with Crippen molar-refractivity contribution >= 4 is 41.2 Å². The summed E-state index contributed by atoms with van der Waals surface area (Å²) in [7, 11) is -1.47. The van der Waals surface area contributed by atoms with E-state index in [-0.39, 0.29) is 5.41 Å². The molecule has 3 aliphatic carbocycles. The minimum absolute atomic E-state index is 0.295. The van der Waals surface area contributed by atoms with Crippen LogP contribution in [0.25, 0.3) is 44.5 Å². The maximum atomic E-state index is 2.68. The summed E-state index contributed by atoms with van der Waals surface area (Å²) in [5.74, 6) is 0.295. The van der Waals surface area contributed by atoms with Crippen LogP contribution >= 0.6 is 0 Å². The molecular weight excluding hydrogens is 681 g/mol. The number of hydrogen-bond donors (Lipinski definition) is 0. The molecule has 1 atom stereocenters. The topological polar surface area (TPSA) is 8.17 Å². The molecule has 1 aromatic heterocycles. The molecule has 1 aliphatic heterocycles. The first-order chi connectivity index (χ1) is 27.0. The summed E-state index contributed by atoms with van der Waals surface area (Å²) in [5.41, 5.74) is 21.1. The van der Waals surface area contributed by atoms with Crippen molar-refractivity contribution in [1.29, 1.82) is 0 Å². The molecule has 7 aromatic carbocycles. The smallest absolute Gasteiger partial charge is 0.0775 e. The number of fused-ring (bicyclic) bond motifs is 17. The number of para-hydroxylation sites is 2. The highest BCUT2D eigenvalue weighted by Crippen LogP contribution is 2.65. The molecule has 0 radical (unpaired) electrons. The summed E-state index contributed by atoms with van der Waals surface area (Å²) in [6, 6.07) is 62.1. The Morgan fingerprint density at radius 2 is 1.13 bits per heavy atom. The van der Waals surface area contributed by atoms with Crippen LogP contribution in [0.15, 0.2) is 170 Å². The second-order valence-electron chi connectivity index (χ2n) is 16.8. The fourth-order valence-electron chi connectivity index (χ4n) is 10.8. The van der Waals surface area contributed by atoms with Crippen molar-refractivity contribution in [3.63, 3.8) is 0 Å². The Morgan fingerprint density at radius 3 is 1.82 bits per heavy atom. The van der Waals surface area contributed by atoms with E-state index in [9.17, 15) is 0 Å². The lowest BCUT2D eigenvalue weighted by Gasteiger charge is -2.32. The van der Waals surface area contributed by atoms with Crippen molar-refractivity contribution in [3.05, 3.63) is 209 Å². The summed E-state index contributed by atoms with van der Waals surface area (Å²) in [6.07, 6.45) is 3.49. The lowest BCUT2D eigenvalue weighted by Crippen LogP contribution is -2.37. The van der Waals surface area contributed by atoms with Crippen LogP contribution in [-0.2, 0) is 5.41 Å². The van der Waals surface area contributed by atoms with Crippen LogP contribution in [0.4, 0.5) is 11.4 Å². The Balaban J connectivity index is 1.19. The third-order valence-electron chi connectivity index (χ3n) is 13.1. The van der Waals surface area contributed by atoms with Gasteiger partial charge in [-0.3, -0.25) is 0 Å². The average molecular weight is 721 g/mol. The van der Waals surface area contributed by atoms with Crippen molar-refractivity contribution < 1.29 is 0 Å². The number of aromatic nitrogens is 1. The van der Waals surface area contributed by atoms with Crippen LogP contribution in [0.1, 0.15) is 51.4 Å². The molecule has 1 unspecified atom stereocenters. The first-order valence-corrected chi connectivity index (χ1v) is 23.2. The highest BCUT2D eigenvalue weighted by Gasteiger charge is 2.53. The first-order valence-electron chi connectivity index (χ1n) is 19.7. The maximum absolute atomic E-state index is 2.68. The second-order valence-corrected chi connectivity index (χ2v) is 21.8.